The van der Waals surface area contributed by atoms with Crippen molar-refractivity contribution in [3.63, 3.8) is 0 Å². The van der Waals surface area contributed by atoms with Crippen LogP contribution in [0.2, 0.25) is 0 Å². The molecule has 0 heterocycles. The molecule has 0 radical (unpaired) electrons. The molecular weight excluding hydrogens is 130 g/mol. The second-order valence-electron chi connectivity index (χ2n) is 2.37. The Kier molecular flexibility index (Phi) is 3.72. The van der Waals surface area contributed by atoms with Gasteiger partial charge in [-0.1, -0.05) is 20.4 Å². The molecule has 0 rings (SSSR count). The first-order valence-electron chi connectivity index (χ1n) is 3.16. The lowest BCUT2D eigenvalue weighted by Crippen LogP contribution is -2.36. The number of rotatable bonds is 3. The lowest BCUT2D eigenvalue weighted by atomic mass is 10.1. The molecule has 0 bridgehead atoms. The molecule has 0 saturated heterocycles. The van der Waals surface area contributed by atoms with E-state index in [1.54, 1.807) is 0 Å². The summed E-state index contributed by atoms with van der Waals surface area (Å²) >= 11 is 0. The number of carbonyl (C=O) groups excluding carboxylic acids is 1. The van der Waals surface area contributed by atoms with E-state index >= 15 is 0 Å². The maximum atomic E-state index is 10.8. The molecule has 0 aliphatic carbocycles. The van der Waals surface area contributed by atoms with E-state index in [1.807, 2.05) is 13.8 Å². The summed E-state index contributed by atoms with van der Waals surface area (Å²) in [5.41, 5.74) is 5.42. The van der Waals surface area contributed by atoms with Crippen molar-refractivity contribution in [2.75, 3.05) is 0 Å². The Morgan fingerprint density at radius 3 is 2.50 bits per heavy atom. The van der Waals surface area contributed by atoms with Crippen LogP contribution in [0.3, 0.4) is 0 Å². The molecule has 3 nitrogen and oxygen atoms in total. The predicted octanol–water partition coefficient (Wildman–Crippen LogP) is 0.656. The second-order valence-corrected chi connectivity index (χ2v) is 2.37. The number of ether oxygens (including phenoxy) is 1. The summed E-state index contributed by atoms with van der Waals surface area (Å²) < 4.78 is 4.46. The summed E-state index contributed by atoms with van der Waals surface area (Å²) in [7, 11) is 0. The Hall–Kier alpha value is -0.830. The van der Waals surface area contributed by atoms with Crippen molar-refractivity contribution >= 4 is 5.97 Å². The monoisotopic (exact) mass is 143 g/mol. The predicted molar refractivity (Wildman–Crippen MR) is 39.1 cm³/mol. The van der Waals surface area contributed by atoms with Gasteiger partial charge in [-0.3, -0.25) is 0 Å². The summed E-state index contributed by atoms with van der Waals surface area (Å²) in [5, 5.41) is 0. The molecule has 58 valence electrons. The first-order valence-corrected chi connectivity index (χ1v) is 3.16. The van der Waals surface area contributed by atoms with Crippen LogP contribution in [-0.4, -0.2) is 12.0 Å². The molecule has 0 aromatic rings. The minimum atomic E-state index is -0.544. The summed E-state index contributed by atoms with van der Waals surface area (Å²) in [6.07, 6.45) is 1.09. The lowest BCUT2D eigenvalue weighted by Gasteiger charge is -2.11. The van der Waals surface area contributed by atoms with E-state index < -0.39 is 12.0 Å². The van der Waals surface area contributed by atoms with Gasteiger partial charge in [0.05, 0.1) is 6.26 Å². The molecule has 2 N–H and O–H groups in total. The largest absolute Gasteiger partial charge is 0.434 e. The SMILES string of the molecule is C=COC(=O)[C@H](N)C(C)C. The zero-order valence-corrected chi connectivity index (χ0v) is 6.33. The minimum Gasteiger partial charge on any atom is -0.434 e. The van der Waals surface area contributed by atoms with Gasteiger partial charge in [0.25, 0.3) is 0 Å². The smallest absolute Gasteiger partial charge is 0.327 e. The molecule has 0 spiro atoms. The first-order chi connectivity index (χ1) is 4.59. The molecule has 0 aliphatic heterocycles. The Labute approximate surface area is 60.9 Å². The normalized spacial score (nSPS) is 12.8. The Morgan fingerprint density at radius 1 is 1.70 bits per heavy atom. The van der Waals surface area contributed by atoms with Gasteiger partial charge in [-0.15, -0.1) is 0 Å². The number of hydrogen-bond donors (Lipinski definition) is 1. The third kappa shape index (κ3) is 2.64. The Morgan fingerprint density at radius 2 is 2.20 bits per heavy atom. The van der Waals surface area contributed by atoms with Crippen LogP contribution in [0, 0.1) is 5.92 Å². The van der Waals surface area contributed by atoms with E-state index in [1.165, 1.54) is 0 Å². The van der Waals surface area contributed by atoms with E-state index in [9.17, 15) is 4.79 Å². The third-order valence-electron chi connectivity index (χ3n) is 1.19. The zero-order valence-electron chi connectivity index (χ0n) is 6.33. The van der Waals surface area contributed by atoms with Crippen molar-refractivity contribution in [3.05, 3.63) is 12.8 Å². The van der Waals surface area contributed by atoms with Crippen LogP contribution in [0.1, 0.15) is 13.8 Å². The van der Waals surface area contributed by atoms with Gasteiger partial charge >= 0.3 is 5.97 Å². The first kappa shape index (κ1) is 9.17. The highest BCUT2D eigenvalue weighted by atomic mass is 16.5. The number of carbonyl (C=O) groups is 1. The highest BCUT2D eigenvalue weighted by Gasteiger charge is 2.17. The third-order valence-corrected chi connectivity index (χ3v) is 1.19. The van der Waals surface area contributed by atoms with E-state index in [2.05, 4.69) is 11.3 Å². The second kappa shape index (κ2) is 4.06. The molecule has 10 heavy (non-hydrogen) atoms. The summed E-state index contributed by atoms with van der Waals surface area (Å²) in [6.45, 7) is 6.96. The van der Waals surface area contributed by atoms with E-state index in [0.717, 1.165) is 6.26 Å². The van der Waals surface area contributed by atoms with Gasteiger partial charge in [0.2, 0.25) is 0 Å². The average Bonchev–Trinajstić information content (AvgIpc) is 1.87. The number of hydrogen-bond acceptors (Lipinski definition) is 3. The summed E-state index contributed by atoms with van der Waals surface area (Å²) in [6, 6.07) is -0.544. The molecule has 0 unspecified atom stereocenters. The molecule has 0 saturated carbocycles. The van der Waals surface area contributed by atoms with E-state index in [-0.39, 0.29) is 5.92 Å². The van der Waals surface area contributed by atoms with Crippen LogP contribution in [-0.2, 0) is 9.53 Å². The highest BCUT2D eigenvalue weighted by molar-refractivity contribution is 5.76. The van der Waals surface area contributed by atoms with Crippen molar-refractivity contribution in [2.45, 2.75) is 19.9 Å². The van der Waals surface area contributed by atoms with Crippen LogP contribution in [0.15, 0.2) is 12.8 Å². The van der Waals surface area contributed by atoms with Crippen LogP contribution in [0.5, 0.6) is 0 Å². The van der Waals surface area contributed by atoms with E-state index in [4.69, 9.17) is 5.73 Å². The molecule has 1 atom stereocenters. The van der Waals surface area contributed by atoms with Crippen LogP contribution < -0.4 is 5.73 Å². The molecule has 3 heteroatoms. The molecule has 0 fully saturated rings. The molecule has 0 aromatic carbocycles. The molecule has 0 amide bonds. The van der Waals surface area contributed by atoms with Gasteiger partial charge in [-0.25, -0.2) is 4.79 Å². The maximum absolute atomic E-state index is 10.8. The van der Waals surface area contributed by atoms with Crippen LogP contribution in [0.4, 0.5) is 0 Å². The molecular formula is C7H13NO2. The van der Waals surface area contributed by atoms with Crippen LogP contribution >= 0.6 is 0 Å². The maximum Gasteiger partial charge on any atom is 0.327 e. The standard InChI is InChI=1S/C7H13NO2/c1-4-10-7(9)6(8)5(2)3/h4-6H,1,8H2,2-3H3/t6-/m1/s1. The van der Waals surface area contributed by atoms with Crippen molar-refractivity contribution in [1.29, 1.82) is 0 Å². The highest BCUT2D eigenvalue weighted by Crippen LogP contribution is 1.99. The van der Waals surface area contributed by atoms with Crippen molar-refractivity contribution in [2.24, 2.45) is 11.7 Å². The minimum absolute atomic E-state index is 0.104. The zero-order chi connectivity index (χ0) is 8.15. The topological polar surface area (TPSA) is 52.3 Å². The van der Waals surface area contributed by atoms with Crippen molar-refractivity contribution in [1.82, 2.24) is 0 Å². The van der Waals surface area contributed by atoms with Gasteiger partial charge < -0.3 is 10.5 Å². The lowest BCUT2D eigenvalue weighted by molar-refractivity contribution is -0.140. The fourth-order valence-electron chi connectivity index (χ4n) is 0.433. The quantitative estimate of drug-likeness (QED) is 0.466. The number of nitrogens with two attached hydrogens (primary N) is 1. The van der Waals surface area contributed by atoms with Gasteiger partial charge in [0, 0.05) is 0 Å². The van der Waals surface area contributed by atoms with Crippen LogP contribution in [0.25, 0.3) is 0 Å². The molecule has 0 aliphatic rings. The van der Waals surface area contributed by atoms with Crippen molar-refractivity contribution in [3.8, 4) is 0 Å². The summed E-state index contributed by atoms with van der Waals surface area (Å²) in [4.78, 5) is 10.8. The van der Waals surface area contributed by atoms with Gasteiger partial charge in [0.1, 0.15) is 6.04 Å². The van der Waals surface area contributed by atoms with Gasteiger partial charge in [-0.05, 0) is 5.92 Å². The van der Waals surface area contributed by atoms with Gasteiger partial charge in [-0.2, -0.15) is 0 Å². The average molecular weight is 143 g/mol. The number of esters is 1. The fourth-order valence-corrected chi connectivity index (χ4v) is 0.433. The van der Waals surface area contributed by atoms with E-state index in [0.29, 0.717) is 0 Å². The fraction of sp³-hybridized carbons (Fsp3) is 0.571. The Balaban J connectivity index is 3.81. The van der Waals surface area contributed by atoms with Gasteiger partial charge in [0.15, 0.2) is 0 Å². The Bertz CT molecular complexity index is 132. The molecule has 0 aromatic heterocycles. The summed E-state index contributed by atoms with van der Waals surface area (Å²) in [5.74, 6) is -0.322. The van der Waals surface area contributed by atoms with Crippen molar-refractivity contribution < 1.29 is 9.53 Å².